The van der Waals surface area contributed by atoms with E-state index >= 15 is 0 Å². The van der Waals surface area contributed by atoms with Gasteiger partial charge < -0.3 is 10.4 Å². The minimum atomic E-state index is -0.851. The first kappa shape index (κ1) is 18.6. The maximum Gasteiger partial charge on any atom is 0.320 e. The van der Waals surface area contributed by atoms with Crippen LogP contribution in [0.5, 0.6) is 0 Å². The van der Waals surface area contributed by atoms with Crippen LogP contribution in [-0.4, -0.2) is 41.0 Å². The molecule has 0 fully saturated rings. The second-order valence-corrected chi connectivity index (χ2v) is 7.65. The van der Waals surface area contributed by atoms with Gasteiger partial charge in [0.25, 0.3) is 0 Å². The third-order valence-electron chi connectivity index (χ3n) is 3.44. The highest BCUT2D eigenvalue weighted by Crippen LogP contribution is 2.30. The van der Waals surface area contributed by atoms with Gasteiger partial charge in [0.05, 0.1) is 0 Å². The average Bonchev–Trinajstić information content (AvgIpc) is 2.84. The van der Waals surface area contributed by atoms with Crippen molar-refractivity contribution in [3.63, 3.8) is 0 Å². The van der Waals surface area contributed by atoms with Crippen LogP contribution in [0.25, 0.3) is 0 Å². The van der Waals surface area contributed by atoms with Crippen molar-refractivity contribution in [1.29, 1.82) is 0 Å². The Hall–Kier alpha value is -1.40. The number of aliphatic carboxylic acids is 1. The van der Waals surface area contributed by atoms with Gasteiger partial charge in [0.1, 0.15) is 6.04 Å². The molecule has 1 aromatic rings. The number of carboxylic acids is 1. The molecule has 0 aromatic carbocycles. The van der Waals surface area contributed by atoms with E-state index in [9.17, 15) is 14.7 Å². The summed E-state index contributed by atoms with van der Waals surface area (Å²) in [4.78, 5) is 26.5. The molecule has 1 rings (SSSR count). The minimum absolute atomic E-state index is 0.0995. The van der Waals surface area contributed by atoms with Gasteiger partial charge >= 0.3 is 5.97 Å². The SMILES string of the molecule is CC(=O)NCCN(Cc1ccc(C(C)(C)C)s1)C(C)C(=O)O. The van der Waals surface area contributed by atoms with Crippen molar-refractivity contribution in [3.05, 3.63) is 21.9 Å². The third kappa shape index (κ3) is 5.77. The zero-order valence-corrected chi connectivity index (χ0v) is 14.8. The average molecular weight is 326 g/mol. The lowest BCUT2D eigenvalue weighted by Crippen LogP contribution is -2.42. The van der Waals surface area contributed by atoms with E-state index in [1.165, 1.54) is 11.8 Å². The number of hydrogen-bond acceptors (Lipinski definition) is 4. The van der Waals surface area contributed by atoms with Crippen LogP contribution in [0.15, 0.2) is 12.1 Å². The van der Waals surface area contributed by atoms with Crippen LogP contribution in [0.3, 0.4) is 0 Å². The first-order valence-electron chi connectivity index (χ1n) is 7.41. The summed E-state index contributed by atoms with van der Waals surface area (Å²) in [5.41, 5.74) is 0.0995. The zero-order valence-electron chi connectivity index (χ0n) is 14.0. The Morgan fingerprint density at radius 1 is 1.36 bits per heavy atom. The Labute approximate surface area is 136 Å². The molecule has 0 aliphatic carbocycles. The normalized spacial score (nSPS) is 13.2. The number of nitrogens with one attached hydrogen (secondary N) is 1. The monoisotopic (exact) mass is 326 g/mol. The third-order valence-corrected chi connectivity index (χ3v) is 4.93. The van der Waals surface area contributed by atoms with E-state index in [0.717, 1.165) is 4.88 Å². The molecule has 0 radical (unpaired) electrons. The zero-order chi connectivity index (χ0) is 16.9. The first-order chi connectivity index (χ1) is 10.1. The highest BCUT2D eigenvalue weighted by molar-refractivity contribution is 7.12. The molecule has 1 atom stereocenters. The summed E-state index contributed by atoms with van der Waals surface area (Å²) in [7, 11) is 0. The molecule has 22 heavy (non-hydrogen) atoms. The lowest BCUT2D eigenvalue weighted by molar-refractivity contribution is -0.142. The minimum Gasteiger partial charge on any atom is -0.480 e. The number of hydrogen-bond donors (Lipinski definition) is 2. The molecule has 1 aromatic heterocycles. The molecule has 5 nitrogen and oxygen atoms in total. The fourth-order valence-corrected chi connectivity index (χ4v) is 3.10. The van der Waals surface area contributed by atoms with Crippen LogP contribution in [-0.2, 0) is 21.5 Å². The molecule has 0 saturated carbocycles. The molecule has 0 spiro atoms. The number of carbonyl (C=O) groups excluding carboxylic acids is 1. The summed E-state index contributed by atoms with van der Waals surface area (Å²) in [6.07, 6.45) is 0. The lowest BCUT2D eigenvalue weighted by Gasteiger charge is -2.25. The predicted molar refractivity (Wildman–Crippen MR) is 89.2 cm³/mol. The Kier molecular flexibility index (Phi) is 6.56. The van der Waals surface area contributed by atoms with Gasteiger partial charge in [-0.05, 0) is 24.5 Å². The first-order valence-corrected chi connectivity index (χ1v) is 8.23. The van der Waals surface area contributed by atoms with Gasteiger partial charge in [-0.1, -0.05) is 20.8 Å². The summed E-state index contributed by atoms with van der Waals surface area (Å²) in [6.45, 7) is 11.2. The Morgan fingerprint density at radius 2 is 2.00 bits per heavy atom. The molecule has 124 valence electrons. The topological polar surface area (TPSA) is 69.6 Å². The van der Waals surface area contributed by atoms with E-state index in [0.29, 0.717) is 19.6 Å². The lowest BCUT2D eigenvalue weighted by atomic mass is 9.95. The van der Waals surface area contributed by atoms with Gasteiger partial charge in [-0.2, -0.15) is 0 Å². The predicted octanol–water partition coefficient (Wildman–Crippen LogP) is 2.46. The number of thiophene rings is 1. The van der Waals surface area contributed by atoms with E-state index in [4.69, 9.17) is 0 Å². The van der Waals surface area contributed by atoms with Crippen molar-refractivity contribution in [2.75, 3.05) is 13.1 Å². The highest BCUT2D eigenvalue weighted by atomic mass is 32.1. The smallest absolute Gasteiger partial charge is 0.320 e. The molecule has 0 bridgehead atoms. The molecule has 1 heterocycles. The second-order valence-electron chi connectivity index (χ2n) is 6.48. The molecular formula is C16H26N2O3S. The number of carbonyl (C=O) groups is 2. The largest absolute Gasteiger partial charge is 0.480 e. The van der Waals surface area contributed by atoms with Gasteiger partial charge in [0.15, 0.2) is 0 Å². The molecule has 0 aliphatic rings. The number of amides is 1. The van der Waals surface area contributed by atoms with E-state index in [2.05, 4.69) is 38.2 Å². The molecule has 1 amide bonds. The quantitative estimate of drug-likeness (QED) is 0.807. The van der Waals surface area contributed by atoms with Crippen LogP contribution < -0.4 is 5.32 Å². The summed E-state index contributed by atoms with van der Waals surface area (Å²) >= 11 is 1.72. The van der Waals surface area contributed by atoms with E-state index in [1.807, 2.05) is 4.90 Å². The molecule has 0 saturated heterocycles. The fourth-order valence-electron chi connectivity index (χ4n) is 2.01. The number of carboxylic acid groups (broad SMARTS) is 1. The summed E-state index contributed by atoms with van der Waals surface area (Å²) < 4.78 is 0. The summed E-state index contributed by atoms with van der Waals surface area (Å²) in [6, 6.07) is 3.58. The standard InChI is InChI=1S/C16H26N2O3S/c1-11(15(20)21)18(9-8-17-12(2)19)10-13-6-7-14(22-13)16(3,4)5/h6-7,11H,8-10H2,1-5H3,(H,17,19)(H,20,21). The van der Waals surface area contributed by atoms with Crippen molar-refractivity contribution in [3.8, 4) is 0 Å². The van der Waals surface area contributed by atoms with Crippen LogP contribution in [0.1, 0.15) is 44.4 Å². The van der Waals surface area contributed by atoms with Crippen LogP contribution in [0.2, 0.25) is 0 Å². The highest BCUT2D eigenvalue weighted by Gasteiger charge is 2.22. The van der Waals surface area contributed by atoms with Gasteiger partial charge in [-0.25, -0.2) is 0 Å². The van der Waals surface area contributed by atoms with Gasteiger partial charge in [0.2, 0.25) is 5.91 Å². The summed E-state index contributed by atoms with van der Waals surface area (Å²) in [5, 5.41) is 12.0. The Morgan fingerprint density at radius 3 is 2.45 bits per heavy atom. The molecule has 2 N–H and O–H groups in total. The van der Waals surface area contributed by atoms with Gasteiger partial charge in [-0.3, -0.25) is 14.5 Å². The van der Waals surface area contributed by atoms with E-state index < -0.39 is 12.0 Å². The molecule has 0 aliphatic heterocycles. The van der Waals surface area contributed by atoms with Crippen molar-refractivity contribution in [2.24, 2.45) is 0 Å². The maximum absolute atomic E-state index is 11.3. The molecule has 1 unspecified atom stereocenters. The van der Waals surface area contributed by atoms with Crippen LogP contribution in [0, 0.1) is 0 Å². The van der Waals surface area contributed by atoms with Crippen LogP contribution >= 0.6 is 11.3 Å². The van der Waals surface area contributed by atoms with Crippen molar-refractivity contribution in [1.82, 2.24) is 10.2 Å². The Balaban J connectivity index is 2.77. The Bertz CT molecular complexity index is 520. The number of nitrogens with zero attached hydrogens (tertiary/aromatic N) is 1. The fraction of sp³-hybridized carbons (Fsp3) is 0.625. The van der Waals surface area contributed by atoms with Crippen molar-refractivity contribution >= 4 is 23.2 Å². The van der Waals surface area contributed by atoms with Crippen molar-refractivity contribution in [2.45, 2.75) is 52.6 Å². The van der Waals surface area contributed by atoms with E-state index in [-0.39, 0.29) is 11.3 Å². The molecule has 6 heteroatoms. The van der Waals surface area contributed by atoms with Crippen molar-refractivity contribution < 1.29 is 14.7 Å². The van der Waals surface area contributed by atoms with Gasteiger partial charge in [0, 0.05) is 36.3 Å². The van der Waals surface area contributed by atoms with E-state index in [1.54, 1.807) is 18.3 Å². The maximum atomic E-state index is 11.3. The van der Waals surface area contributed by atoms with Crippen LogP contribution in [0.4, 0.5) is 0 Å². The van der Waals surface area contributed by atoms with Gasteiger partial charge in [-0.15, -0.1) is 11.3 Å². The second kappa shape index (κ2) is 7.74. The number of rotatable bonds is 7. The summed E-state index contributed by atoms with van der Waals surface area (Å²) in [5.74, 6) is -0.954. The molecular weight excluding hydrogens is 300 g/mol.